The van der Waals surface area contributed by atoms with E-state index in [1.807, 2.05) is 30.5 Å². The number of rotatable bonds is 6. The molecule has 0 atom stereocenters. The maximum atomic E-state index is 12.9. The van der Waals surface area contributed by atoms with Gasteiger partial charge in [0, 0.05) is 13.1 Å². The highest BCUT2D eigenvalue weighted by atomic mass is 35.5. The summed E-state index contributed by atoms with van der Waals surface area (Å²) in [5.74, 6) is 0.550. The molecule has 1 aliphatic rings. The number of benzene rings is 1. The summed E-state index contributed by atoms with van der Waals surface area (Å²) in [5.41, 5.74) is 2.32. The number of aryl methyl sites for hydroxylation is 1. The number of anilines is 1. The number of likely N-dealkylation sites (N-methyl/N-ethyl adjacent to an activating group) is 1. The average Bonchev–Trinajstić information content (AvgIpc) is 3.45. The number of amides is 1. The molecule has 1 fully saturated rings. The van der Waals surface area contributed by atoms with Crippen LogP contribution in [-0.2, 0) is 11.3 Å². The Kier molecular flexibility index (Phi) is 5.23. The van der Waals surface area contributed by atoms with Crippen molar-refractivity contribution >= 4 is 44.7 Å². The zero-order valence-corrected chi connectivity index (χ0v) is 17.3. The number of carbonyl (C=O) groups is 1. The lowest BCUT2D eigenvalue weighted by Gasteiger charge is -2.25. The van der Waals surface area contributed by atoms with Crippen molar-refractivity contribution in [3.05, 3.63) is 56.4 Å². The van der Waals surface area contributed by atoms with Gasteiger partial charge in [-0.2, -0.15) is 0 Å². The van der Waals surface area contributed by atoms with Gasteiger partial charge in [-0.05, 0) is 42.8 Å². The molecule has 0 radical (unpaired) electrons. The van der Waals surface area contributed by atoms with Gasteiger partial charge in [-0.15, -0.1) is 11.3 Å². The minimum atomic E-state index is -0.117. The predicted molar refractivity (Wildman–Crippen MR) is 113 cm³/mol. The van der Waals surface area contributed by atoms with Crippen LogP contribution in [-0.4, -0.2) is 40.4 Å². The van der Waals surface area contributed by atoms with Gasteiger partial charge in [0.2, 0.25) is 5.91 Å². The minimum absolute atomic E-state index is 0.0462. The third-order valence-electron chi connectivity index (χ3n) is 5.00. The molecule has 0 bridgehead atoms. The van der Waals surface area contributed by atoms with Gasteiger partial charge in [0.05, 0.1) is 29.3 Å². The molecule has 1 N–H and O–H groups in total. The Balaban J connectivity index is 1.54. The van der Waals surface area contributed by atoms with Crippen LogP contribution in [0.3, 0.4) is 0 Å². The van der Waals surface area contributed by atoms with Crippen LogP contribution in [0.4, 0.5) is 5.69 Å². The van der Waals surface area contributed by atoms with E-state index in [4.69, 9.17) is 11.6 Å². The number of nitrogens with one attached hydrogen (secondary N) is 1. The Morgan fingerprint density at radius 2 is 2.11 bits per heavy atom. The lowest BCUT2D eigenvalue weighted by Crippen LogP contribution is -2.40. The van der Waals surface area contributed by atoms with Gasteiger partial charge in [0.1, 0.15) is 10.5 Å². The number of para-hydroxylation sites is 1. The van der Waals surface area contributed by atoms with Crippen LogP contribution in [0.5, 0.6) is 0 Å². The molecule has 1 saturated carbocycles. The van der Waals surface area contributed by atoms with Crippen LogP contribution < -0.4 is 10.5 Å². The van der Waals surface area contributed by atoms with E-state index in [1.165, 1.54) is 11.3 Å². The molecule has 0 saturated heterocycles. The molecule has 1 aromatic carbocycles. The van der Waals surface area contributed by atoms with Crippen LogP contribution in [0, 0.1) is 6.92 Å². The highest BCUT2D eigenvalue weighted by Crippen LogP contribution is 2.29. The number of halogens is 1. The number of aromatic nitrogens is 2. The molecule has 146 valence electrons. The van der Waals surface area contributed by atoms with Crippen LogP contribution in [0.15, 0.2) is 34.4 Å². The molecule has 0 unspecified atom stereocenters. The molecular formula is C20H21ClN4O2S. The second-order valence-corrected chi connectivity index (χ2v) is 8.44. The SMILES string of the molecule is Cc1csc2c(=O)[nH]c(CN(CC(=O)N(C)c3ccccc3Cl)C3CC3)nc12. The summed E-state index contributed by atoms with van der Waals surface area (Å²) < 4.78 is 0.647. The Bertz CT molecular complexity index is 1090. The van der Waals surface area contributed by atoms with Crippen molar-refractivity contribution in [3.63, 3.8) is 0 Å². The first-order chi connectivity index (χ1) is 13.4. The zero-order chi connectivity index (χ0) is 19.8. The number of carbonyl (C=O) groups excluding carboxylic acids is 1. The monoisotopic (exact) mass is 416 g/mol. The summed E-state index contributed by atoms with van der Waals surface area (Å²) in [7, 11) is 1.73. The number of hydrogen-bond donors (Lipinski definition) is 1. The molecule has 4 rings (SSSR count). The van der Waals surface area contributed by atoms with Crippen molar-refractivity contribution in [1.82, 2.24) is 14.9 Å². The lowest BCUT2D eigenvalue weighted by molar-refractivity contribution is -0.119. The minimum Gasteiger partial charge on any atom is -0.313 e. The molecule has 28 heavy (non-hydrogen) atoms. The van der Waals surface area contributed by atoms with Crippen LogP contribution >= 0.6 is 22.9 Å². The first-order valence-electron chi connectivity index (χ1n) is 9.16. The maximum absolute atomic E-state index is 12.9. The second kappa shape index (κ2) is 7.66. The number of hydrogen-bond acceptors (Lipinski definition) is 5. The number of H-pyrrole nitrogens is 1. The Morgan fingerprint density at radius 1 is 1.36 bits per heavy atom. The summed E-state index contributed by atoms with van der Waals surface area (Å²) in [5, 5.41) is 2.48. The van der Waals surface area contributed by atoms with E-state index in [-0.39, 0.29) is 18.0 Å². The molecule has 1 aliphatic carbocycles. The molecule has 0 aliphatic heterocycles. The van der Waals surface area contributed by atoms with Crippen molar-refractivity contribution in [2.24, 2.45) is 0 Å². The summed E-state index contributed by atoms with van der Waals surface area (Å²) >= 11 is 7.63. The van der Waals surface area contributed by atoms with E-state index in [0.717, 1.165) is 23.9 Å². The quantitative estimate of drug-likeness (QED) is 0.666. The normalized spacial score (nSPS) is 14.0. The predicted octanol–water partition coefficient (Wildman–Crippen LogP) is 3.57. The highest BCUT2D eigenvalue weighted by Gasteiger charge is 2.32. The lowest BCUT2D eigenvalue weighted by atomic mass is 10.3. The molecular weight excluding hydrogens is 396 g/mol. The fourth-order valence-corrected chi connectivity index (χ4v) is 4.39. The van der Waals surface area contributed by atoms with Crippen molar-refractivity contribution in [3.8, 4) is 0 Å². The third-order valence-corrected chi connectivity index (χ3v) is 6.40. The van der Waals surface area contributed by atoms with Crippen LogP contribution in [0.1, 0.15) is 24.2 Å². The smallest absolute Gasteiger partial charge is 0.268 e. The molecule has 2 heterocycles. The summed E-state index contributed by atoms with van der Waals surface area (Å²) in [4.78, 5) is 36.4. The standard InChI is InChI=1S/C20H21ClN4O2S/c1-12-11-28-19-18(12)22-16(23-20(19)27)9-25(13-7-8-13)10-17(26)24(2)15-6-4-3-5-14(15)21/h3-6,11,13H,7-10H2,1-2H3,(H,22,23,27). The van der Waals surface area contributed by atoms with Crippen molar-refractivity contribution in [2.45, 2.75) is 32.4 Å². The largest absolute Gasteiger partial charge is 0.313 e. The summed E-state index contributed by atoms with van der Waals surface area (Å²) in [6.07, 6.45) is 2.10. The molecule has 0 spiro atoms. The third kappa shape index (κ3) is 3.83. The number of nitrogens with zero attached hydrogens (tertiary/aromatic N) is 3. The maximum Gasteiger partial charge on any atom is 0.268 e. The fraction of sp³-hybridized carbons (Fsp3) is 0.350. The summed E-state index contributed by atoms with van der Waals surface area (Å²) in [6.45, 7) is 2.64. The van der Waals surface area contributed by atoms with Crippen LogP contribution in [0.25, 0.3) is 10.2 Å². The topological polar surface area (TPSA) is 69.3 Å². The Morgan fingerprint density at radius 3 is 2.82 bits per heavy atom. The van der Waals surface area contributed by atoms with Gasteiger partial charge in [0.15, 0.2) is 0 Å². The van der Waals surface area contributed by atoms with E-state index in [0.29, 0.717) is 33.8 Å². The van der Waals surface area contributed by atoms with Crippen LogP contribution in [0.2, 0.25) is 5.02 Å². The first kappa shape index (κ1) is 19.1. The number of fused-ring (bicyclic) bond motifs is 1. The average molecular weight is 417 g/mol. The van der Waals surface area contributed by atoms with Crippen molar-refractivity contribution < 1.29 is 4.79 Å². The van der Waals surface area contributed by atoms with Gasteiger partial charge in [-0.3, -0.25) is 14.5 Å². The van der Waals surface area contributed by atoms with Gasteiger partial charge < -0.3 is 9.88 Å². The number of aromatic amines is 1. The van der Waals surface area contributed by atoms with Gasteiger partial charge in [0.25, 0.3) is 5.56 Å². The fourth-order valence-electron chi connectivity index (χ4n) is 3.25. The molecule has 2 aromatic heterocycles. The van der Waals surface area contributed by atoms with Crippen molar-refractivity contribution in [1.29, 1.82) is 0 Å². The molecule has 8 heteroatoms. The zero-order valence-electron chi connectivity index (χ0n) is 15.7. The van der Waals surface area contributed by atoms with Gasteiger partial charge in [-0.1, -0.05) is 23.7 Å². The summed E-state index contributed by atoms with van der Waals surface area (Å²) in [6, 6.07) is 7.63. The second-order valence-electron chi connectivity index (χ2n) is 7.15. The molecule has 3 aromatic rings. The van der Waals surface area contributed by atoms with E-state index >= 15 is 0 Å². The molecule has 6 nitrogen and oxygen atoms in total. The molecule has 1 amide bonds. The van der Waals surface area contributed by atoms with E-state index in [9.17, 15) is 9.59 Å². The van der Waals surface area contributed by atoms with Gasteiger partial charge in [-0.25, -0.2) is 4.98 Å². The number of thiophene rings is 1. The van der Waals surface area contributed by atoms with E-state index < -0.39 is 0 Å². The van der Waals surface area contributed by atoms with Crippen molar-refractivity contribution in [2.75, 3.05) is 18.5 Å². The Hall–Kier alpha value is -2.22. The Labute approximate surface area is 171 Å². The highest BCUT2D eigenvalue weighted by molar-refractivity contribution is 7.17. The van der Waals surface area contributed by atoms with E-state index in [1.54, 1.807) is 18.0 Å². The van der Waals surface area contributed by atoms with Gasteiger partial charge >= 0.3 is 0 Å². The van der Waals surface area contributed by atoms with E-state index in [2.05, 4.69) is 14.9 Å². The first-order valence-corrected chi connectivity index (χ1v) is 10.4.